The number of hydrogen-bond acceptors (Lipinski definition) is 3. The molecule has 0 bridgehead atoms. The summed E-state index contributed by atoms with van der Waals surface area (Å²) in [7, 11) is 1.38. The van der Waals surface area contributed by atoms with Crippen molar-refractivity contribution in [2.24, 2.45) is 0 Å². The van der Waals surface area contributed by atoms with Crippen LogP contribution in [0.4, 0.5) is 4.39 Å². The van der Waals surface area contributed by atoms with Gasteiger partial charge < -0.3 is 4.74 Å². The number of nitrogens with zero attached hydrogens (tertiary/aromatic N) is 1. The van der Waals surface area contributed by atoms with Crippen LogP contribution < -0.4 is 16.0 Å². The zero-order chi connectivity index (χ0) is 13.3. The molecule has 0 aliphatic rings. The molecule has 0 fully saturated rings. The zero-order valence-electron chi connectivity index (χ0n) is 9.24. The van der Waals surface area contributed by atoms with Crippen LogP contribution in [0.15, 0.2) is 33.9 Å². The van der Waals surface area contributed by atoms with Crippen LogP contribution in [-0.4, -0.2) is 16.7 Å². The van der Waals surface area contributed by atoms with Crippen LogP contribution in [0, 0.1) is 5.82 Å². The van der Waals surface area contributed by atoms with Crippen LogP contribution in [0.5, 0.6) is 5.75 Å². The average molecular weight is 271 g/mol. The van der Waals surface area contributed by atoms with Crippen LogP contribution in [0.3, 0.4) is 0 Å². The number of para-hydroxylation sites is 2. The minimum atomic E-state index is -1.22. The van der Waals surface area contributed by atoms with Crippen molar-refractivity contribution in [3.63, 3.8) is 0 Å². The number of nitrogens with one attached hydrogen (secondary N) is 1. The van der Waals surface area contributed by atoms with Gasteiger partial charge in [-0.25, -0.2) is 9.36 Å². The van der Waals surface area contributed by atoms with Gasteiger partial charge in [0, 0.05) is 0 Å². The quantitative estimate of drug-likeness (QED) is 0.837. The standard InChI is InChI=1S/C11H8ClFN2O3/c1-18-7-5-3-2-4-6(7)15-10(16)8(13)9(12)14-11(15)17/h2-5H,1H3,(H,14,17). The largest absolute Gasteiger partial charge is 0.495 e. The molecule has 18 heavy (non-hydrogen) atoms. The van der Waals surface area contributed by atoms with Gasteiger partial charge >= 0.3 is 5.69 Å². The molecule has 0 saturated heterocycles. The summed E-state index contributed by atoms with van der Waals surface area (Å²) in [6.45, 7) is 0. The third-order valence-corrected chi connectivity index (χ3v) is 2.59. The summed E-state index contributed by atoms with van der Waals surface area (Å²) < 4.78 is 19.1. The number of aromatic nitrogens is 2. The fourth-order valence-electron chi connectivity index (χ4n) is 1.52. The Balaban J connectivity index is 2.84. The van der Waals surface area contributed by atoms with E-state index in [2.05, 4.69) is 0 Å². The zero-order valence-corrected chi connectivity index (χ0v) is 9.99. The van der Waals surface area contributed by atoms with Gasteiger partial charge in [-0.2, -0.15) is 4.39 Å². The molecule has 0 aliphatic heterocycles. The highest BCUT2D eigenvalue weighted by molar-refractivity contribution is 6.29. The van der Waals surface area contributed by atoms with Crippen LogP contribution >= 0.6 is 11.6 Å². The number of halogens is 2. The lowest BCUT2D eigenvalue weighted by Gasteiger charge is -2.09. The Kier molecular flexibility index (Phi) is 3.20. The summed E-state index contributed by atoms with van der Waals surface area (Å²) in [6.07, 6.45) is 0. The van der Waals surface area contributed by atoms with E-state index in [-0.39, 0.29) is 11.4 Å². The van der Waals surface area contributed by atoms with Gasteiger partial charge in [0.05, 0.1) is 12.8 Å². The SMILES string of the molecule is COc1ccccc1-n1c(=O)[nH]c(Cl)c(F)c1=O. The van der Waals surface area contributed by atoms with Gasteiger partial charge in [0.1, 0.15) is 5.75 Å². The van der Waals surface area contributed by atoms with Crippen molar-refractivity contribution in [2.75, 3.05) is 7.11 Å². The van der Waals surface area contributed by atoms with E-state index in [1.54, 1.807) is 18.2 Å². The molecule has 7 heteroatoms. The van der Waals surface area contributed by atoms with Gasteiger partial charge in [-0.3, -0.25) is 9.78 Å². The lowest BCUT2D eigenvalue weighted by molar-refractivity contribution is 0.411. The summed E-state index contributed by atoms with van der Waals surface area (Å²) in [6, 6.07) is 6.26. The predicted octanol–water partition coefficient (Wildman–Crippen LogP) is 1.33. The smallest absolute Gasteiger partial charge is 0.334 e. The molecule has 0 aliphatic carbocycles. The number of methoxy groups -OCH3 is 1. The van der Waals surface area contributed by atoms with Crippen molar-refractivity contribution in [3.8, 4) is 11.4 Å². The fourth-order valence-corrected chi connectivity index (χ4v) is 1.68. The van der Waals surface area contributed by atoms with E-state index in [0.29, 0.717) is 4.57 Å². The van der Waals surface area contributed by atoms with Crippen LogP contribution in [0.25, 0.3) is 5.69 Å². The monoisotopic (exact) mass is 270 g/mol. The van der Waals surface area contributed by atoms with E-state index in [0.717, 1.165) is 0 Å². The van der Waals surface area contributed by atoms with Gasteiger partial charge in [-0.05, 0) is 12.1 Å². The second kappa shape index (κ2) is 4.66. The Morgan fingerprint density at radius 1 is 1.33 bits per heavy atom. The van der Waals surface area contributed by atoms with Gasteiger partial charge in [0.15, 0.2) is 5.15 Å². The number of rotatable bonds is 2. The minimum Gasteiger partial charge on any atom is -0.495 e. The molecule has 1 aromatic heterocycles. The molecule has 0 saturated carbocycles. The van der Waals surface area contributed by atoms with E-state index in [9.17, 15) is 14.0 Å². The maximum Gasteiger partial charge on any atom is 0.334 e. The van der Waals surface area contributed by atoms with Crippen LogP contribution in [0.1, 0.15) is 0 Å². The summed E-state index contributed by atoms with van der Waals surface area (Å²) in [5, 5.41) is -0.615. The molecule has 2 rings (SSSR count). The maximum absolute atomic E-state index is 13.4. The molecule has 0 spiro atoms. The van der Waals surface area contributed by atoms with Crippen molar-refractivity contribution >= 4 is 11.6 Å². The van der Waals surface area contributed by atoms with Crippen LogP contribution in [-0.2, 0) is 0 Å². The molecule has 1 heterocycles. The van der Waals surface area contributed by atoms with Crippen molar-refractivity contribution < 1.29 is 9.13 Å². The topological polar surface area (TPSA) is 64.1 Å². The van der Waals surface area contributed by atoms with Crippen molar-refractivity contribution in [2.45, 2.75) is 0 Å². The molecule has 94 valence electrons. The highest BCUT2D eigenvalue weighted by atomic mass is 35.5. The van der Waals surface area contributed by atoms with E-state index in [1.807, 2.05) is 4.98 Å². The number of H-pyrrole nitrogens is 1. The summed E-state index contributed by atoms with van der Waals surface area (Å²) >= 11 is 5.38. The number of hydrogen-bond donors (Lipinski definition) is 1. The van der Waals surface area contributed by atoms with Crippen LogP contribution in [0.2, 0.25) is 5.15 Å². The first-order valence-electron chi connectivity index (χ1n) is 4.90. The first-order chi connectivity index (χ1) is 8.56. The molecule has 0 amide bonds. The molecule has 0 unspecified atom stereocenters. The predicted molar refractivity (Wildman–Crippen MR) is 64.2 cm³/mol. The molecule has 5 nitrogen and oxygen atoms in total. The normalized spacial score (nSPS) is 10.4. The van der Waals surface area contributed by atoms with Gasteiger partial charge in [0.2, 0.25) is 5.82 Å². The highest BCUT2D eigenvalue weighted by Gasteiger charge is 2.16. The Bertz CT molecular complexity index is 708. The lowest BCUT2D eigenvalue weighted by atomic mass is 10.3. The van der Waals surface area contributed by atoms with Gasteiger partial charge in [0.25, 0.3) is 5.56 Å². The van der Waals surface area contributed by atoms with E-state index >= 15 is 0 Å². The second-order valence-corrected chi connectivity index (χ2v) is 3.75. The van der Waals surface area contributed by atoms with Crippen molar-refractivity contribution in [1.82, 2.24) is 9.55 Å². The summed E-state index contributed by atoms with van der Waals surface area (Å²) in [4.78, 5) is 25.4. The first-order valence-corrected chi connectivity index (χ1v) is 5.27. The third kappa shape index (κ3) is 1.91. The van der Waals surface area contributed by atoms with Gasteiger partial charge in [-0.1, -0.05) is 23.7 Å². The van der Waals surface area contributed by atoms with Crippen molar-refractivity contribution in [1.29, 1.82) is 0 Å². The average Bonchev–Trinajstić information content (AvgIpc) is 2.37. The molecule has 1 aromatic carbocycles. The van der Waals surface area contributed by atoms with E-state index < -0.39 is 22.2 Å². The number of benzene rings is 1. The Morgan fingerprint density at radius 2 is 2.00 bits per heavy atom. The summed E-state index contributed by atoms with van der Waals surface area (Å²) in [5.74, 6) is -0.950. The maximum atomic E-state index is 13.4. The molecule has 0 atom stereocenters. The van der Waals surface area contributed by atoms with E-state index in [4.69, 9.17) is 16.3 Å². The Hall–Kier alpha value is -2.08. The minimum absolute atomic E-state index is 0.141. The fraction of sp³-hybridized carbons (Fsp3) is 0.0909. The molecule has 2 aromatic rings. The third-order valence-electron chi connectivity index (χ3n) is 2.33. The first kappa shape index (κ1) is 12.4. The Morgan fingerprint density at radius 3 is 2.67 bits per heavy atom. The second-order valence-electron chi connectivity index (χ2n) is 3.37. The molecule has 1 N–H and O–H groups in total. The van der Waals surface area contributed by atoms with Crippen molar-refractivity contribution in [3.05, 3.63) is 56.1 Å². The molecular weight excluding hydrogens is 263 g/mol. The Labute approximate surface area is 105 Å². The lowest BCUT2D eigenvalue weighted by Crippen LogP contribution is -2.36. The van der Waals surface area contributed by atoms with Gasteiger partial charge in [-0.15, -0.1) is 0 Å². The summed E-state index contributed by atoms with van der Waals surface area (Å²) in [5.41, 5.74) is -1.83. The highest BCUT2D eigenvalue weighted by Crippen LogP contribution is 2.19. The number of aromatic amines is 1. The van der Waals surface area contributed by atoms with E-state index in [1.165, 1.54) is 13.2 Å². The molecular formula is C11H8ClFN2O3. The molecule has 0 radical (unpaired) electrons. The number of ether oxygens (including phenoxy) is 1.